The summed E-state index contributed by atoms with van der Waals surface area (Å²) >= 11 is 0. The molecular formula is C17H24. The first-order chi connectivity index (χ1) is 7.67. The van der Waals surface area contributed by atoms with Gasteiger partial charge in [0.05, 0.1) is 0 Å². The molecule has 0 bridgehead atoms. The van der Waals surface area contributed by atoms with Crippen molar-refractivity contribution in [1.82, 2.24) is 0 Å². The van der Waals surface area contributed by atoms with E-state index in [1.165, 1.54) is 18.4 Å². The van der Waals surface area contributed by atoms with Gasteiger partial charge in [-0.2, -0.15) is 0 Å². The summed E-state index contributed by atoms with van der Waals surface area (Å²) in [6.45, 7) is 14.4. The summed E-state index contributed by atoms with van der Waals surface area (Å²) in [6, 6.07) is 4.73. The van der Waals surface area contributed by atoms with E-state index in [-0.39, 0.29) is 0 Å². The van der Waals surface area contributed by atoms with Crippen molar-refractivity contribution in [2.75, 3.05) is 0 Å². The fourth-order valence-corrected chi connectivity index (χ4v) is 5.14. The normalized spacial score (nSPS) is 31.6. The Bertz CT molecular complexity index is 505. The molecule has 0 saturated carbocycles. The third-order valence-electron chi connectivity index (χ3n) is 5.09. The minimum Gasteiger partial charge on any atom is -0.0587 e. The van der Waals surface area contributed by atoms with Crippen LogP contribution in [0.15, 0.2) is 12.1 Å². The van der Waals surface area contributed by atoms with Crippen molar-refractivity contribution in [3.05, 3.63) is 34.4 Å². The van der Waals surface area contributed by atoms with Crippen LogP contribution in [0, 0.1) is 6.92 Å². The van der Waals surface area contributed by atoms with Crippen molar-refractivity contribution in [2.24, 2.45) is 0 Å². The summed E-state index contributed by atoms with van der Waals surface area (Å²) < 4.78 is 0. The molecule has 92 valence electrons. The molecule has 0 aromatic heterocycles. The Morgan fingerprint density at radius 1 is 0.824 bits per heavy atom. The van der Waals surface area contributed by atoms with Crippen LogP contribution in [0.5, 0.6) is 0 Å². The van der Waals surface area contributed by atoms with E-state index in [0.29, 0.717) is 16.2 Å². The molecule has 0 fully saturated rings. The Morgan fingerprint density at radius 3 is 2.06 bits per heavy atom. The molecule has 2 aliphatic carbocycles. The molecule has 0 heterocycles. The zero-order valence-corrected chi connectivity index (χ0v) is 12.1. The van der Waals surface area contributed by atoms with Crippen molar-refractivity contribution in [1.29, 1.82) is 0 Å². The second-order valence-electron chi connectivity index (χ2n) is 7.86. The first-order valence-electron chi connectivity index (χ1n) is 6.82. The monoisotopic (exact) mass is 228 g/mol. The van der Waals surface area contributed by atoms with Crippen LogP contribution in [0.25, 0.3) is 0 Å². The lowest BCUT2D eigenvalue weighted by Crippen LogP contribution is -2.25. The highest BCUT2D eigenvalue weighted by Gasteiger charge is 2.54. The van der Waals surface area contributed by atoms with E-state index in [1.807, 2.05) is 0 Å². The average Bonchev–Trinajstić information content (AvgIpc) is 2.43. The summed E-state index contributed by atoms with van der Waals surface area (Å²) in [5.41, 5.74) is 7.62. The molecule has 0 spiro atoms. The van der Waals surface area contributed by atoms with Crippen LogP contribution in [0.2, 0.25) is 0 Å². The third kappa shape index (κ3) is 1.25. The first-order valence-corrected chi connectivity index (χ1v) is 6.82. The Labute approximate surface area is 105 Å². The molecular weight excluding hydrogens is 204 g/mol. The van der Waals surface area contributed by atoms with E-state index < -0.39 is 0 Å². The van der Waals surface area contributed by atoms with E-state index >= 15 is 0 Å². The number of benzene rings is 1. The molecule has 2 aliphatic rings. The quantitative estimate of drug-likeness (QED) is 0.608. The van der Waals surface area contributed by atoms with Crippen LogP contribution in [-0.2, 0) is 16.2 Å². The van der Waals surface area contributed by atoms with Gasteiger partial charge in [0, 0.05) is 0 Å². The molecule has 0 saturated heterocycles. The SMILES string of the molecule is Cc1ccc2c3c1C(C)(C)CC3(C)CC2(C)C. The highest BCUT2D eigenvalue weighted by Crippen LogP contribution is 2.61. The van der Waals surface area contributed by atoms with E-state index in [2.05, 4.69) is 53.7 Å². The van der Waals surface area contributed by atoms with Gasteiger partial charge in [-0.1, -0.05) is 46.8 Å². The van der Waals surface area contributed by atoms with Crippen LogP contribution in [-0.4, -0.2) is 0 Å². The van der Waals surface area contributed by atoms with Crippen molar-refractivity contribution in [3.63, 3.8) is 0 Å². The van der Waals surface area contributed by atoms with Crippen LogP contribution < -0.4 is 0 Å². The summed E-state index contributed by atoms with van der Waals surface area (Å²) in [6.07, 6.45) is 2.63. The molecule has 1 aromatic rings. The zero-order valence-electron chi connectivity index (χ0n) is 12.1. The molecule has 0 heteroatoms. The van der Waals surface area contributed by atoms with Crippen LogP contribution in [0.3, 0.4) is 0 Å². The van der Waals surface area contributed by atoms with E-state index in [9.17, 15) is 0 Å². The van der Waals surface area contributed by atoms with Gasteiger partial charge in [-0.25, -0.2) is 0 Å². The summed E-state index contributed by atoms with van der Waals surface area (Å²) in [5.74, 6) is 0. The van der Waals surface area contributed by atoms with Crippen LogP contribution in [0.1, 0.15) is 69.7 Å². The fourth-order valence-electron chi connectivity index (χ4n) is 5.14. The molecule has 0 radical (unpaired) electrons. The molecule has 0 nitrogen and oxygen atoms in total. The molecule has 1 unspecified atom stereocenters. The summed E-state index contributed by atoms with van der Waals surface area (Å²) in [7, 11) is 0. The van der Waals surface area contributed by atoms with Crippen molar-refractivity contribution >= 4 is 0 Å². The summed E-state index contributed by atoms with van der Waals surface area (Å²) in [5, 5.41) is 0. The van der Waals surface area contributed by atoms with E-state index in [4.69, 9.17) is 0 Å². The molecule has 1 aromatic carbocycles. The van der Waals surface area contributed by atoms with Gasteiger partial charge in [0.25, 0.3) is 0 Å². The minimum absolute atomic E-state index is 0.362. The van der Waals surface area contributed by atoms with Gasteiger partial charge in [-0.05, 0) is 58.3 Å². The molecule has 0 N–H and O–H groups in total. The van der Waals surface area contributed by atoms with Gasteiger partial charge < -0.3 is 0 Å². The smallest absolute Gasteiger partial charge is 0.00528 e. The zero-order chi connectivity index (χ0) is 12.6. The van der Waals surface area contributed by atoms with Gasteiger partial charge in [-0.3, -0.25) is 0 Å². The van der Waals surface area contributed by atoms with Crippen molar-refractivity contribution < 1.29 is 0 Å². The number of rotatable bonds is 0. The Hall–Kier alpha value is -0.780. The molecule has 3 rings (SSSR count). The highest BCUT2D eigenvalue weighted by molar-refractivity contribution is 5.58. The Morgan fingerprint density at radius 2 is 1.41 bits per heavy atom. The maximum Gasteiger partial charge on any atom is -0.00528 e. The molecule has 0 aliphatic heterocycles. The Balaban J connectivity index is 2.40. The summed E-state index contributed by atoms with van der Waals surface area (Å²) in [4.78, 5) is 0. The van der Waals surface area contributed by atoms with Crippen LogP contribution >= 0.6 is 0 Å². The lowest BCUT2D eigenvalue weighted by atomic mass is 9.74. The topological polar surface area (TPSA) is 0 Å². The van der Waals surface area contributed by atoms with E-state index in [0.717, 1.165) is 0 Å². The lowest BCUT2D eigenvalue weighted by Gasteiger charge is -2.30. The third-order valence-corrected chi connectivity index (χ3v) is 5.09. The standard InChI is InChI=1S/C17H24/c1-11-7-8-12-14-13(11)16(4,5)10-17(14,6)9-15(12,2)3/h7-8H,9-10H2,1-6H3. The predicted octanol–water partition coefficient (Wildman–Crippen LogP) is 4.62. The first kappa shape index (κ1) is 11.3. The van der Waals surface area contributed by atoms with Crippen LogP contribution in [0.4, 0.5) is 0 Å². The minimum atomic E-state index is 0.362. The van der Waals surface area contributed by atoms with Gasteiger partial charge in [0.15, 0.2) is 0 Å². The highest BCUT2D eigenvalue weighted by atomic mass is 14.6. The van der Waals surface area contributed by atoms with Gasteiger partial charge in [0.2, 0.25) is 0 Å². The predicted molar refractivity (Wildman–Crippen MR) is 73.8 cm³/mol. The number of aryl methyl sites for hydroxylation is 1. The van der Waals surface area contributed by atoms with Gasteiger partial charge >= 0.3 is 0 Å². The largest absolute Gasteiger partial charge is 0.0587 e. The van der Waals surface area contributed by atoms with Gasteiger partial charge in [-0.15, -0.1) is 0 Å². The van der Waals surface area contributed by atoms with E-state index in [1.54, 1.807) is 16.7 Å². The maximum absolute atomic E-state index is 2.48. The average molecular weight is 228 g/mol. The van der Waals surface area contributed by atoms with Gasteiger partial charge in [0.1, 0.15) is 0 Å². The molecule has 1 atom stereocenters. The maximum atomic E-state index is 2.48. The fraction of sp³-hybridized carbons (Fsp3) is 0.647. The number of hydrogen-bond acceptors (Lipinski definition) is 0. The lowest BCUT2D eigenvalue weighted by molar-refractivity contribution is 0.319. The van der Waals surface area contributed by atoms with Crippen molar-refractivity contribution in [3.8, 4) is 0 Å². The molecule has 17 heavy (non-hydrogen) atoms. The second-order valence-corrected chi connectivity index (χ2v) is 7.86. The Kier molecular flexibility index (Phi) is 1.86. The number of hydrogen-bond donors (Lipinski definition) is 0. The van der Waals surface area contributed by atoms with Crippen molar-refractivity contribution in [2.45, 2.75) is 70.6 Å². The molecule has 0 amide bonds. The second kappa shape index (κ2) is 2.79.